The van der Waals surface area contributed by atoms with Gasteiger partial charge >= 0.3 is 0 Å². The molecule has 0 amide bonds. The molecule has 2 aromatic heterocycles. The third-order valence-electron chi connectivity index (χ3n) is 2.69. The first kappa shape index (κ1) is 11.8. The number of H-pyrrole nitrogens is 1. The minimum absolute atomic E-state index is 0.0975. The highest BCUT2D eigenvalue weighted by Gasteiger charge is 2.13. The molecular weight excluding hydrogens is 218 g/mol. The van der Waals surface area contributed by atoms with Crippen LogP contribution in [0.2, 0.25) is 0 Å². The SMILES string of the molecule is CC(CCc1ccco1)NC(C)c1nn[nH]n1. The Morgan fingerprint density at radius 2 is 2.35 bits per heavy atom. The van der Waals surface area contributed by atoms with E-state index in [1.165, 1.54) is 0 Å². The zero-order valence-electron chi connectivity index (χ0n) is 10.1. The minimum Gasteiger partial charge on any atom is -0.469 e. The highest BCUT2D eigenvalue weighted by Crippen LogP contribution is 2.09. The first-order chi connectivity index (χ1) is 8.25. The van der Waals surface area contributed by atoms with E-state index in [0.717, 1.165) is 18.6 Å². The second-order valence-corrected chi connectivity index (χ2v) is 4.18. The van der Waals surface area contributed by atoms with Gasteiger partial charge in [0.15, 0.2) is 5.82 Å². The van der Waals surface area contributed by atoms with Gasteiger partial charge in [-0.05, 0) is 32.4 Å². The van der Waals surface area contributed by atoms with Crippen molar-refractivity contribution in [3.05, 3.63) is 30.0 Å². The Kier molecular flexibility index (Phi) is 3.87. The highest BCUT2D eigenvalue weighted by atomic mass is 16.3. The van der Waals surface area contributed by atoms with E-state index in [2.05, 4.69) is 32.9 Å². The van der Waals surface area contributed by atoms with Crippen LogP contribution in [-0.2, 0) is 6.42 Å². The maximum Gasteiger partial charge on any atom is 0.191 e. The minimum atomic E-state index is 0.0975. The van der Waals surface area contributed by atoms with Crippen molar-refractivity contribution < 1.29 is 4.42 Å². The van der Waals surface area contributed by atoms with E-state index < -0.39 is 0 Å². The predicted molar refractivity (Wildman–Crippen MR) is 62.2 cm³/mol. The zero-order valence-corrected chi connectivity index (χ0v) is 10.1. The summed E-state index contributed by atoms with van der Waals surface area (Å²) in [5, 5.41) is 17.3. The normalized spacial score (nSPS) is 14.7. The molecule has 2 aromatic rings. The van der Waals surface area contributed by atoms with Crippen LogP contribution in [0.4, 0.5) is 0 Å². The maximum atomic E-state index is 5.29. The van der Waals surface area contributed by atoms with Crippen molar-refractivity contribution in [3.8, 4) is 0 Å². The van der Waals surface area contributed by atoms with E-state index in [1.807, 2.05) is 19.1 Å². The molecule has 2 heterocycles. The average molecular weight is 235 g/mol. The molecule has 0 fully saturated rings. The van der Waals surface area contributed by atoms with E-state index >= 15 is 0 Å². The molecule has 0 bridgehead atoms. The lowest BCUT2D eigenvalue weighted by atomic mass is 10.1. The van der Waals surface area contributed by atoms with Crippen molar-refractivity contribution in [1.29, 1.82) is 0 Å². The first-order valence-corrected chi connectivity index (χ1v) is 5.77. The number of aryl methyl sites for hydroxylation is 1. The molecule has 0 spiro atoms. The van der Waals surface area contributed by atoms with E-state index in [0.29, 0.717) is 11.9 Å². The Labute approximate surface area is 99.8 Å². The summed E-state index contributed by atoms with van der Waals surface area (Å²) >= 11 is 0. The van der Waals surface area contributed by atoms with Crippen molar-refractivity contribution in [2.75, 3.05) is 0 Å². The molecule has 92 valence electrons. The fraction of sp³-hybridized carbons (Fsp3) is 0.545. The van der Waals surface area contributed by atoms with Crippen LogP contribution in [-0.4, -0.2) is 26.7 Å². The Balaban J connectivity index is 1.75. The summed E-state index contributed by atoms with van der Waals surface area (Å²) in [6, 6.07) is 4.37. The van der Waals surface area contributed by atoms with Gasteiger partial charge in [-0.15, -0.1) is 10.2 Å². The summed E-state index contributed by atoms with van der Waals surface area (Å²) in [7, 11) is 0. The van der Waals surface area contributed by atoms with Crippen LogP contribution in [0.5, 0.6) is 0 Å². The molecule has 2 atom stereocenters. The van der Waals surface area contributed by atoms with E-state index in [1.54, 1.807) is 6.26 Å². The molecule has 0 saturated heterocycles. The zero-order chi connectivity index (χ0) is 12.1. The number of nitrogens with one attached hydrogen (secondary N) is 2. The van der Waals surface area contributed by atoms with Crippen LogP contribution >= 0.6 is 0 Å². The van der Waals surface area contributed by atoms with Crippen LogP contribution in [0.25, 0.3) is 0 Å². The van der Waals surface area contributed by atoms with Crippen molar-refractivity contribution >= 4 is 0 Å². The van der Waals surface area contributed by atoms with Gasteiger partial charge in [-0.1, -0.05) is 5.21 Å². The quantitative estimate of drug-likeness (QED) is 0.792. The fourth-order valence-corrected chi connectivity index (χ4v) is 1.75. The van der Waals surface area contributed by atoms with Gasteiger partial charge in [0.1, 0.15) is 5.76 Å². The van der Waals surface area contributed by atoms with Crippen LogP contribution in [0.15, 0.2) is 22.8 Å². The second-order valence-electron chi connectivity index (χ2n) is 4.18. The van der Waals surface area contributed by atoms with Gasteiger partial charge in [0.05, 0.1) is 12.3 Å². The van der Waals surface area contributed by atoms with Gasteiger partial charge in [-0.3, -0.25) is 0 Å². The predicted octanol–water partition coefficient (Wildman–Crippen LogP) is 1.46. The summed E-state index contributed by atoms with van der Waals surface area (Å²) in [6.07, 6.45) is 3.64. The van der Waals surface area contributed by atoms with Gasteiger partial charge < -0.3 is 9.73 Å². The van der Waals surface area contributed by atoms with E-state index in [4.69, 9.17) is 4.42 Å². The molecule has 0 saturated carbocycles. The molecule has 0 radical (unpaired) electrons. The fourth-order valence-electron chi connectivity index (χ4n) is 1.75. The number of aromatic amines is 1. The number of tetrazole rings is 1. The molecular formula is C11H17N5O. The molecule has 6 nitrogen and oxygen atoms in total. The molecule has 0 aliphatic carbocycles. The number of hydrogen-bond acceptors (Lipinski definition) is 5. The molecule has 17 heavy (non-hydrogen) atoms. The maximum absolute atomic E-state index is 5.29. The van der Waals surface area contributed by atoms with Crippen molar-refractivity contribution in [2.24, 2.45) is 0 Å². The largest absolute Gasteiger partial charge is 0.469 e. The van der Waals surface area contributed by atoms with Gasteiger partial charge in [0, 0.05) is 12.5 Å². The van der Waals surface area contributed by atoms with Crippen LogP contribution in [0.1, 0.15) is 37.9 Å². The number of rotatable bonds is 6. The molecule has 0 aliphatic rings. The van der Waals surface area contributed by atoms with Gasteiger partial charge in [-0.25, -0.2) is 0 Å². The number of hydrogen-bond donors (Lipinski definition) is 2. The van der Waals surface area contributed by atoms with Crippen molar-refractivity contribution in [3.63, 3.8) is 0 Å². The number of aromatic nitrogens is 4. The number of furan rings is 1. The second kappa shape index (κ2) is 5.58. The summed E-state index contributed by atoms with van der Waals surface area (Å²) in [5.41, 5.74) is 0. The van der Waals surface area contributed by atoms with E-state index in [-0.39, 0.29) is 6.04 Å². The molecule has 2 N–H and O–H groups in total. The molecule has 6 heteroatoms. The van der Waals surface area contributed by atoms with Gasteiger partial charge in [0.2, 0.25) is 0 Å². The monoisotopic (exact) mass is 235 g/mol. The third kappa shape index (κ3) is 3.39. The van der Waals surface area contributed by atoms with Crippen LogP contribution in [0, 0.1) is 0 Å². The molecule has 0 aliphatic heterocycles. The lowest BCUT2D eigenvalue weighted by Crippen LogP contribution is -2.30. The number of nitrogens with zero attached hydrogens (tertiary/aromatic N) is 3. The molecule has 2 rings (SSSR count). The molecule has 0 aromatic carbocycles. The Morgan fingerprint density at radius 3 is 3.00 bits per heavy atom. The average Bonchev–Trinajstić information content (AvgIpc) is 2.99. The summed E-state index contributed by atoms with van der Waals surface area (Å²) in [5.74, 6) is 1.71. The van der Waals surface area contributed by atoms with Crippen LogP contribution < -0.4 is 5.32 Å². The first-order valence-electron chi connectivity index (χ1n) is 5.77. The standard InChI is InChI=1S/C11H17N5O/c1-8(5-6-10-4-3-7-17-10)12-9(2)11-13-15-16-14-11/h3-4,7-9,12H,5-6H2,1-2H3,(H,13,14,15,16). The lowest BCUT2D eigenvalue weighted by molar-refractivity contribution is 0.422. The molecule has 2 unspecified atom stereocenters. The van der Waals surface area contributed by atoms with Crippen LogP contribution in [0.3, 0.4) is 0 Å². The van der Waals surface area contributed by atoms with Crippen molar-refractivity contribution in [2.45, 2.75) is 38.8 Å². The summed E-state index contributed by atoms with van der Waals surface area (Å²) < 4.78 is 5.29. The smallest absolute Gasteiger partial charge is 0.191 e. The Bertz CT molecular complexity index is 411. The lowest BCUT2D eigenvalue weighted by Gasteiger charge is -2.16. The highest BCUT2D eigenvalue weighted by molar-refractivity contribution is 4.98. The Morgan fingerprint density at radius 1 is 1.47 bits per heavy atom. The van der Waals surface area contributed by atoms with E-state index in [9.17, 15) is 0 Å². The Hall–Kier alpha value is -1.69. The summed E-state index contributed by atoms with van der Waals surface area (Å²) in [6.45, 7) is 4.16. The van der Waals surface area contributed by atoms with Gasteiger partial charge in [0.25, 0.3) is 0 Å². The topological polar surface area (TPSA) is 79.6 Å². The summed E-state index contributed by atoms with van der Waals surface area (Å²) in [4.78, 5) is 0. The third-order valence-corrected chi connectivity index (χ3v) is 2.69. The van der Waals surface area contributed by atoms with Crippen molar-refractivity contribution in [1.82, 2.24) is 25.9 Å². The van der Waals surface area contributed by atoms with Gasteiger partial charge in [-0.2, -0.15) is 5.21 Å².